The van der Waals surface area contributed by atoms with Crippen LogP contribution in [0.5, 0.6) is 11.5 Å². The second kappa shape index (κ2) is 5.77. The summed E-state index contributed by atoms with van der Waals surface area (Å²) in [6.07, 6.45) is 0.832. The number of halogens is 1. The lowest BCUT2D eigenvalue weighted by Gasteiger charge is -2.10. The Kier molecular flexibility index (Phi) is 3.84. The SMILES string of the molecule is Nc1cccc(C(=O)c2ccc3c(c2)OCCCO3)c1Br. The molecule has 5 heteroatoms. The molecule has 1 heterocycles. The van der Waals surface area contributed by atoms with Crippen LogP contribution in [-0.4, -0.2) is 19.0 Å². The van der Waals surface area contributed by atoms with Gasteiger partial charge in [0, 0.05) is 23.2 Å². The third-order valence-corrected chi connectivity index (χ3v) is 4.17. The number of benzene rings is 2. The lowest BCUT2D eigenvalue weighted by molar-refractivity contribution is 0.103. The number of carbonyl (C=O) groups excluding carboxylic acids is 1. The summed E-state index contributed by atoms with van der Waals surface area (Å²) in [4.78, 5) is 12.6. The van der Waals surface area contributed by atoms with Crippen molar-refractivity contribution < 1.29 is 14.3 Å². The zero-order chi connectivity index (χ0) is 14.8. The average Bonchev–Trinajstić information content (AvgIpc) is 2.74. The molecular weight excluding hydrogens is 334 g/mol. The number of fused-ring (bicyclic) bond motifs is 1. The number of hydrogen-bond donors (Lipinski definition) is 1. The van der Waals surface area contributed by atoms with E-state index < -0.39 is 0 Å². The molecule has 0 fully saturated rings. The molecule has 0 amide bonds. The molecular formula is C16H14BrNO3. The quantitative estimate of drug-likeness (QED) is 0.667. The Bertz CT molecular complexity index is 700. The van der Waals surface area contributed by atoms with Crippen LogP contribution < -0.4 is 15.2 Å². The molecule has 0 saturated heterocycles. The van der Waals surface area contributed by atoms with Crippen LogP contribution in [0.1, 0.15) is 22.3 Å². The maximum absolute atomic E-state index is 12.6. The van der Waals surface area contributed by atoms with Gasteiger partial charge in [-0.1, -0.05) is 6.07 Å². The number of carbonyl (C=O) groups is 1. The van der Waals surface area contributed by atoms with E-state index in [1.165, 1.54) is 0 Å². The number of rotatable bonds is 2. The normalized spacial score (nSPS) is 13.6. The highest BCUT2D eigenvalue weighted by Crippen LogP contribution is 2.32. The van der Waals surface area contributed by atoms with Crippen molar-refractivity contribution in [3.63, 3.8) is 0 Å². The van der Waals surface area contributed by atoms with E-state index in [0.29, 0.717) is 46.0 Å². The van der Waals surface area contributed by atoms with Gasteiger partial charge in [-0.3, -0.25) is 4.79 Å². The summed E-state index contributed by atoms with van der Waals surface area (Å²) in [5, 5.41) is 0. The molecule has 2 aromatic carbocycles. The van der Waals surface area contributed by atoms with Gasteiger partial charge in [0.05, 0.1) is 17.7 Å². The highest BCUT2D eigenvalue weighted by atomic mass is 79.9. The van der Waals surface area contributed by atoms with Crippen LogP contribution in [0.2, 0.25) is 0 Å². The monoisotopic (exact) mass is 347 g/mol. The van der Waals surface area contributed by atoms with Crippen molar-refractivity contribution >= 4 is 27.4 Å². The van der Waals surface area contributed by atoms with Gasteiger partial charge in [0.15, 0.2) is 17.3 Å². The van der Waals surface area contributed by atoms with Crippen molar-refractivity contribution in [1.82, 2.24) is 0 Å². The van der Waals surface area contributed by atoms with Gasteiger partial charge in [-0.05, 0) is 46.3 Å². The molecule has 108 valence electrons. The van der Waals surface area contributed by atoms with Crippen LogP contribution >= 0.6 is 15.9 Å². The van der Waals surface area contributed by atoms with Gasteiger partial charge in [-0.2, -0.15) is 0 Å². The lowest BCUT2D eigenvalue weighted by Crippen LogP contribution is -2.04. The summed E-state index contributed by atoms with van der Waals surface area (Å²) in [5.41, 5.74) is 7.44. The van der Waals surface area contributed by atoms with Gasteiger partial charge in [-0.15, -0.1) is 0 Å². The van der Waals surface area contributed by atoms with Crippen molar-refractivity contribution in [3.8, 4) is 11.5 Å². The summed E-state index contributed by atoms with van der Waals surface area (Å²) in [6.45, 7) is 1.22. The zero-order valence-electron chi connectivity index (χ0n) is 11.3. The summed E-state index contributed by atoms with van der Waals surface area (Å²) in [6, 6.07) is 10.5. The van der Waals surface area contributed by atoms with Gasteiger partial charge >= 0.3 is 0 Å². The first-order valence-corrected chi connectivity index (χ1v) is 7.44. The number of nitrogens with two attached hydrogens (primary N) is 1. The van der Waals surface area contributed by atoms with Gasteiger partial charge in [0.1, 0.15) is 0 Å². The Balaban J connectivity index is 1.98. The van der Waals surface area contributed by atoms with Gasteiger partial charge in [0.2, 0.25) is 0 Å². The molecule has 1 aliphatic rings. The van der Waals surface area contributed by atoms with E-state index in [1.54, 1.807) is 36.4 Å². The Hall–Kier alpha value is -2.01. The molecule has 1 aliphatic heterocycles. The Morgan fingerprint density at radius 1 is 1.10 bits per heavy atom. The summed E-state index contributed by atoms with van der Waals surface area (Å²) < 4.78 is 11.8. The average molecular weight is 348 g/mol. The van der Waals surface area contributed by atoms with Crippen molar-refractivity contribution in [1.29, 1.82) is 0 Å². The third-order valence-electron chi connectivity index (χ3n) is 3.28. The van der Waals surface area contributed by atoms with Gasteiger partial charge in [-0.25, -0.2) is 0 Å². The maximum atomic E-state index is 12.6. The fraction of sp³-hybridized carbons (Fsp3) is 0.188. The fourth-order valence-electron chi connectivity index (χ4n) is 2.19. The van der Waals surface area contributed by atoms with Crippen LogP contribution in [-0.2, 0) is 0 Å². The number of hydrogen-bond acceptors (Lipinski definition) is 4. The van der Waals surface area contributed by atoms with Crippen LogP contribution in [0.25, 0.3) is 0 Å². The smallest absolute Gasteiger partial charge is 0.194 e. The second-order valence-electron chi connectivity index (χ2n) is 4.75. The van der Waals surface area contributed by atoms with E-state index in [0.717, 1.165) is 6.42 Å². The Morgan fingerprint density at radius 3 is 2.67 bits per heavy atom. The largest absolute Gasteiger partial charge is 0.490 e. The van der Waals surface area contributed by atoms with Crippen molar-refractivity contribution in [2.75, 3.05) is 18.9 Å². The summed E-state index contributed by atoms with van der Waals surface area (Å²) in [5.74, 6) is 1.18. The van der Waals surface area contributed by atoms with Crippen molar-refractivity contribution in [2.45, 2.75) is 6.42 Å². The van der Waals surface area contributed by atoms with Crippen LogP contribution in [0.15, 0.2) is 40.9 Å². The minimum atomic E-state index is -0.107. The number of nitrogen functional groups attached to an aromatic ring is 1. The molecule has 0 saturated carbocycles. The third kappa shape index (κ3) is 2.74. The number of anilines is 1. The van der Waals surface area contributed by atoms with Crippen molar-refractivity contribution in [3.05, 3.63) is 52.0 Å². The predicted molar refractivity (Wildman–Crippen MR) is 84.0 cm³/mol. The van der Waals surface area contributed by atoms with E-state index in [9.17, 15) is 4.79 Å². The minimum Gasteiger partial charge on any atom is -0.490 e. The maximum Gasteiger partial charge on any atom is 0.194 e. The van der Waals surface area contributed by atoms with E-state index in [1.807, 2.05) is 0 Å². The molecule has 0 radical (unpaired) electrons. The van der Waals surface area contributed by atoms with E-state index in [2.05, 4.69) is 15.9 Å². The lowest BCUT2D eigenvalue weighted by atomic mass is 10.0. The van der Waals surface area contributed by atoms with Gasteiger partial charge < -0.3 is 15.2 Å². The molecule has 0 unspecified atom stereocenters. The molecule has 4 nitrogen and oxygen atoms in total. The molecule has 0 aromatic heterocycles. The number of ketones is 1. The van der Waals surface area contributed by atoms with Crippen molar-refractivity contribution in [2.24, 2.45) is 0 Å². The fourth-order valence-corrected chi connectivity index (χ4v) is 2.63. The van der Waals surface area contributed by atoms with Crippen LogP contribution in [0, 0.1) is 0 Å². The highest BCUT2D eigenvalue weighted by molar-refractivity contribution is 9.10. The minimum absolute atomic E-state index is 0.107. The highest BCUT2D eigenvalue weighted by Gasteiger charge is 2.17. The van der Waals surface area contributed by atoms with Gasteiger partial charge in [0.25, 0.3) is 0 Å². The first kappa shape index (κ1) is 13.9. The summed E-state index contributed by atoms with van der Waals surface area (Å²) in [7, 11) is 0. The Labute approximate surface area is 131 Å². The molecule has 0 spiro atoms. The zero-order valence-corrected chi connectivity index (χ0v) is 12.9. The Morgan fingerprint density at radius 2 is 1.86 bits per heavy atom. The predicted octanol–water partition coefficient (Wildman–Crippen LogP) is 3.42. The topological polar surface area (TPSA) is 61.6 Å². The molecule has 2 aromatic rings. The molecule has 0 bridgehead atoms. The molecule has 21 heavy (non-hydrogen) atoms. The second-order valence-corrected chi connectivity index (χ2v) is 5.54. The molecule has 0 atom stereocenters. The van der Waals surface area contributed by atoms with Crippen LogP contribution in [0.3, 0.4) is 0 Å². The summed E-state index contributed by atoms with van der Waals surface area (Å²) >= 11 is 3.36. The molecule has 3 rings (SSSR count). The molecule has 2 N–H and O–H groups in total. The first-order chi connectivity index (χ1) is 10.2. The standard InChI is InChI=1S/C16H14BrNO3/c17-15-11(3-1-4-12(15)18)16(19)10-5-6-13-14(9-10)21-8-2-7-20-13/h1,3-6,9H,2,7-8,18H2. The van der Waals surface area contributed by atoms with Crippen LogP contribution in [0.4, 0.5) is 5.69 Å². The van der Waals surface area contributed by atoms with E-state index in [4.69, 9.17) is 15.2 Å². The molecule has 0 aliphatic carbocycles. The number of ether oxygens (including phenoxy) is 2. The first-order valence-electron chi connectivity index (χ1n) is 6.65. The van der Waals surface area contributed by atoms with E-state index in [-0.39, 0.29) is 5.78 Å². The van der Waals surface area contributed by atoms with E-state index >= 15 is 0 Å².